The van der Waals surface area contributed by atoms with Crippen LogP contribution < -0.4 is 0 Å². The van der Waals surface area contributed by atoms with E-state index in [1.165, 1.54) is 12.1 Å². The summed E-state index contributed by atoms with van der Waals surface area (Å²) in [4.78, 5) is 21.1. The van der Waals surface area contributed by atoms with Gasteiger partial charge in [-0.05, 0) is 24.3 Å². The molecule has 1 N–H and O–H groups in total. The Balaban J connectivity index is 2.44. The highest BCUT2D eigenvalue weighted by molar-refractivity contribution is 7.99. The lowest BCUT2D eigenvalue weighted by Crippen LogP contribution is -1.99. The number of rotatable bonds is 4. The summed E-state index contributed by atoms with van der Waals surface area (Å²) in [5, 5.41) is 19.8. The number of halogens is 2. The van der Waals surface area contributed by atoms with E-state index in [-0.39, 0.29) is 15.4 Å². The van der Waals surface area contributed by atoms with Crippen LogP contribution in [0, 0.1) is 21.7 Å². The summed E-state index contributed by atoms with van der Waals surface area (Å²) in [5.74, 6) is -2.91. The molecule has 0 aliphatic rings. The Hall–Kier alpha value is -2.48. The minimum absolute atomic E-state index is 0.00238. The summed E-state index contributed by atoms with van der Waals surface area (Å²) in [6.07, 6.45) is 0. The molecular weight excluding hydrogens is 304 g/mol. The number of nitro benzene ring substituents is 1. The van der Waals surface area contributed by atoms with Crippen molar-refractivity contribution in [2.24, 2.45) is 0 Å². The molecule has 0 aromatic heterocycles. The number of hydrogen-bond acceptors (Lipinski definition) is 4. The maximum Gasteiger partial charge on any atom is 0.335 e. The molecule has 0 saturated carbocycles. The van der Waals surface area contributed by atoms with Gasteiger partial charge in [0.1, 0.15) is 11.6 Å². The van der Waals surface area contributed by atoms with E-state index >= 15 is 0 Å². The summed E-state index contributed by atoms with van der Waals surface area (Å²) in [7, 11) is 0. The van der Waals surface area contributed by atoms with Crippen LogP contribution in [0.4, 0.5) is 14.5 Å². The van der Waals surface area contributed by atoms with Crippen molar-refractivity contribution in [3.05, 3.63) is 63.7 Å². The van der Waals surface area contributed by atoms with Crippen LogP contribution >= 0.6 is 11.8 Å². The molecule has 0 fully saturated rings. The van der Waals surface area contributed by atoms with Gasteiger partial charge >= 0.3 is 5.97 Å². The highest BCUT2D eigenvalue weighted by atomic mass is 32.2. The Bertz CT molecular complexity index is 736. The van der Waals surface area contributed by atoms with E-state index in [1.807, 2.05) is 0 Å². The predicted molar refractivity (Wildman–Crippen MR) is 70.5 cm³/mol. The van der Waals surface area contributed by atoms with Crippen LogP contribution in [0.2, 0.25) is 0 Å². The van der Waals surface area contributed by atoms with Crippen LogP contribution in [-0.2, 0) is 0 Å². The van der Waals surface area contributed by atoms with Gasteiger partial charge in [0.25, 0.3) is 5.69 Å². The second-order valence-electron chi connectivity index (χ2n) is 3.92. The zero-order valence-electron chi connectivity index (χ0n) is 10.2. The number of nitro groups is 1. The van der Waals surface area contributed by atoms with Gasteiger partial charge in [-0.15, -0.1) is 0 Å². The molecule has 0 aliphatic carbocycles. The molecule has 0 spiro atoms. The third kappa shape index (κ3) is 3.34. The van der Waals surface area contributed by atoms with Gasteiger partial charge in [0.05, 0.1) is 15.4 Å². The fourth-order valence-electron chi connectivity index (χ4n) is 1.56. The van der Waals surface area contributed by atoms with Gasteiger partial charge in [0, 0.05) is 17.0 Å². The van der Waals surface area contributed by atoms with Crippen LogP contribution in [0.1, 0.15) is 10.4 Å². The van der Waals surface area contributed by atoms with E-state index < -0.39 is 28.2 Å². The Kier molecular flexibility index (Phi) is 4.18. The molecule has 108 valence electrons. The lowest BCUT2D eigenvalue weighted by atomic mass is 10.2. The van der Waals surface area contributed by atoms with Gasteiger partial charge in [0.2, 0.25) is 0 Å². The Labute approximate surface area is 121 Å². The Morgan fingerprint density at radius 2 is 1.81 bits per heavy atom. The molecule has 0 amide bonds. The number of nitrogens with zero attached hydrogens (tertiary/aromatic N) is 1. The van der Waals surface area contributed by atoms with Crippen LogP contribution in [0.3, 0.4) is 0 Å². The van der Waals surface area contributed by atoms with Gasteiger partial charge in [0.15, 0.2) is 0 Å². The molecule has 0 bridgehead atoms. The van der Waals surface area contributed by atoms with E-state index in [4.69, 9.17) is 5.11 Å². The molecular formula is C13H7F2NO4S. The molecule has 2 aromatic rings. The lowest BCUT2D eigenvalue weighted by Gasteiger charge is -2.05. The topological polar surface area (TPSA) is 80.4 Å². The normalized spacial score (nSPS) is 10.4. The van der Waals surface area contributed by atoms with Crippen LogP contribution in [0.15, 0.2) is 46.2 Å². The predicted octanol–water partition coefficient (Wildman–Crippen LogP) is 3.72. The van der Waals surface area contributed by atoms with Crippen LogP contribution in [0.5, 0.6) is 0 Å². The van der Waals surface area contributed by atoms with E-state index in [0.29, 0.717) is 6.07 Å². The number of carboxylic acids is 1. The van der Waals surface area contributed by atoms with Gasteiger partial charge < -0.3 is 5.11 Å². The molecule has 0 radical (unpaired) electrons. The molecule has 0 aliphatic heterocycles. The molecule has 0 saturated heterocycles. The third-order valence-corrected chi connectivity index (χ3v) is 3.63. The van der Waals surface area contributed by atoms with Crippen LogP contribution in [0.25, 0.3) is 0 Å². The average molecular weight is 311 g/mol. The summed E-state index contributed by atoms with van der Waals surface area (Å²) in [6.45, 7) is 0. The molecule has 0 unspecified atom stereocenters. The molecule has 8 heteroatoms. The molecule has 0 atom stereocenters. The first-order valence-electron chi connectivity index (χ1n) is 5.53. The van der Waals surface area contributed by atoms with Crippen molar-refractivity contribution in [2.75, 3.05) is 0 Å². The number of benzene rings is 2. The van der Waals surface area contributed by atoms with E-state index in [1.54, 1.807) is 0 Å². The molecule has 2 aromatic carbocycles. The van der Waals surface area contributed by atoms with Crippen molar-refractivity contribution in [3.63, 3.8) is 0 Å². The second-order valence-corrected chi connectivity index (χ2v) is 5.01. The number of carbonyl (C=O) groups is 1. The fraction of sp³-hybridized carbons (Fsp3) is 0. The van der Waals surface area contributed by atoms with Crippen molar-refractivity contribution in [2.45, 2.75) is 9.79 Å². The SMILES string of the molecule is O=C(O)c1ccc(Sc2ccc(F)cc2F)c([N+](=O)[O-])c1. The number of carboxylic acid groups (broad SMARTS) is 1. The van der Waals surface area contributed by atoms with E-state index in [9.17, 15) is 23.7 Å². The summed E-state index contributed by atoms with van der Waals surface area (Å²) in [6, 6.07) is 6.15. The van der Waals surface area contributed by atoms with Crippen molar-refractivity contribution < 1.29 is 23.6 Å². The first kappa shape index (κ1) is 14.9. The summed E-state index contributed by atoms with van der Waals surface area (Å²) < 4.78 is 26.4. The number of aromatic carboxylic acids is 1. The smallest absolute Gasteiger partial charge is 0.335 e. The van der Waals surface area contributed by atoms with Gasteiger partial charge in [-0.25, -0.2) is 13.6 Å². The third-order valence-electron chi connectivity index (χ3n) is 2.52. The second kappa shape index (κ2) is 5.88. The molecule has 21 heavy (non-hydrogen) atoms. The molecule has 5 nitrogen and oxygen atoms in total. The van der Waals surface area contributed by atoms with Crippen LogP contribution in [-0.4, -0.2) is 16.0 Å². The highest BCUT2D eigenvalue weighted by Gasteiger charge is 2.19. The standard InChI is InChI=1S/C13H7F2NO4S/c14-8-2-4-11(9(15)6-8)21-12-3-1-7(13(17)18)5-10(12)16(19)20/h1-6H,(H,17,18). The molecule has 0 heterocycles. The maximum atomic E-state index is 13.6. The zero-order valence-corrected chi connectivity index (χ0v) is 11.1. The first-order chi connectivity index (χ1) is 9.88. The fourth-order valence-corrected chi connectivity index (χ4v) is 2.46. The minimum atomic E-state index is -1.30. The lowest BCUT2D eigenvalue weighted by molar-refractivity contribution is -0.387. The first-order valence-corrected chi connectivity index (χ1v) is 6.35. The monoisotopic (exact) mass is 311 g/mol. The maximum absolute atomic E-state index is 13.6. The number of hydrogen-bond donors (Lipinski definition) is 1. The van der Waals surface area contributed by atoms with E-state index in [0.717, 1.165) is 30.0 Å². The van der Waals surface area contributed by atoms with E-state index in [2.05, 4.69) is 0 Å². The largest absolute Gasteiger partial charge is 0.478 e. The zero-order chi connectivity index (χ0) is 15.6. The molecule has 2 rings (SSSR count). The van der Waals surface area contributed by atoms with Crippen molar-refractivity contribution >= 4 is 23.4 Å². The van der Waals surface area contributed by atoms with Gasteiger partial charge in [-0.2, -0.15) is 0 Å². The van der Waals surface area contributed by atoms with Crippen molar-refractivity contribution in [1.82, 2.24) is 0 Å². The quantitative estimate of drug-likeness (QED) is 0.687. The Morgan fingerprint density at radius 3 is 2.38 bits per heavy atom. The minimum Gasteiger partial charge on any atom is -0.478 e. The Morgan fingerprint density at radius 1 is 1.14 bits per heavy atom. The highest BCUT2D eigenvalue weighted by Crippen LogP contribution is 2.36. The summed E-state index contributed by atoms with van der Waals surface area (Å²) in [5.41, 5.74) is -0.700. The van der Waals surface area contributed by atoms with Gasteiger partial charge in [-0.1, -0.05) is 11.8 Å². The summed E-state index contributed by atoms with van der Waals surface area (Å²) >= 11 is 0.722. The van der Waals surface area contributed by atoms with Crippen molar-refractivity contribution in [1.29, 1.82) is 0 Å². The van der Waals surface area contributed by atoms with Gasteiger partial charge in [-0.3, -0.25) is 10.1 Å². The van der Waals surface area contributed by atoms with Crippen molar-refractivity contribution in [3.8, 4) is 0 Å². The average Bonchev–Trinajstić information content (AvgIpc) is 2.41.